The van der Waals surface area contributed by atoms with Crippen LogP contribution in [0.15, 0.2) is 30.5 Å². The topological polar surface area (TPSA) is 72.5 Å². The molecule has 7 heteroatoms. The van der Waals surface area contributed by atoms with Crippen molar-refractivity contribution in [3.8, 4) is 5.75 Å². The lowest BCUT2D eigenvalue weighted by atomic mass is 9.97. The van der Waals surface area contributed by atoms with Gasteiger partial charge in [0.1, 0.15) is 12.4 Å². The molecule has 2 saturated heterocycles. The fourth-order valence-corrected chi connectivity index (χ4v) is 4.52. The SMILES string of the molecule is O=C(Nc1ncc(C2CCNCC2)s1)c1ccccc1OCC1CCCO1. The van der Waals surface area contributed by atoms with Crippen LogP contribution in [0.2, 0.25) is 0 Å². The summed E-state index contributed by atoms with van der Waals surface area (Å²) in [7, 11) is 0. The minimum atomic E-state index is -0.191. The molecule has 0 spiro atoms. The van der Waals surface area contributed by atoms with Crippen LogP contribution in [0.3, 0.4) is 0 Å². The van der Waals surface area contributed by atoms with Crippen molar-refractivity contribution in [1.82, 2.24) is 10.3 Å². The van der Waals surface area contributed by atoms with Gasteiger partial charge in [-0.05, 0) is 56.8 Å². The molecular formula is C20H25N3O3S. The highest BCUT2D eigenvalue weighted by Gasteiger charge is 2.21. The average molecular weight is 388 g/mol. The molecule has 2 N–H and O–H groups in total. The number of hydrogen-bond acceptors (Lipinski definition) is 6. The van der Waals surface area contributed by atoms with Gasteiger partial charge in [0, 0.05) is 17.7 Å². The molecule has 4 rings (SSSR count). The molecular weight excluding hydrogens is 362 g/mol. The molecule has 2 aliphatic heterocycles. The lowest BCUT2D eigenvalue weighted by Gasteiger charge is -2.20. The highest BCUT2D eigenvalue weighted by molar-refractivity contribution is 7.15. The maximum atomic E-state index is 12.8. The van der Waals surface area contributed by atoms with Crippen LogP contribution in [-0.2, 0) is 4.74 Å². The number of amides is 1. The summed E-state index contributed by atoms with van der Waals surface area (Å²) < 4.78 is 11.5. The third kappa shape index (κ3) is 4.66. The number of thiazole rings is 1. The Bertz CT molecular complexity index is 767. The quantitative estimate of drug-likeness (QED) is 0.795. The molecule has 1 aromatic heterocycles. The summed E-state index contributed by atoms with van der Waals surface area (Å²) in [6.07, 6.45) is 6.33. The van der Waals surface area contributed by atoms with Gasteiger partial charge in [-0.3, -0.25) is 10.1 Å². The summed E-state index contributed by atoms with van der Waals surface area (Å²) in [5.41, 5.74) is 0.522. The van der Waals surface area contributed by atoms with E-state index in [1.54, 1.807) is 17.4 Å². The lowest BCUT2D eigenvalue weighted by molar-refractivity contribution is 0.0673. The van der Waals surface area contributed by atoms with Crippen LogP contribution in [0.5, 0.6) is 5.75 Å². The maximum Gasteiger partial charge on any atom is 0.261 e. The van der Waals surface area contributed by atoms with E-state index in [4.69, 9.17) is 9.47 Å². The number of nitrogens with zero attached hydrogens (tertiary/aromatic N) is 1. The van der Waals surface area contributed by atoms with Crippen LogP contribution >= 0.6 is 11.3 Å². The normalized spacial score (nSPS) is 20.5. The Labute approximate surface area is 163 Å². The molecule has 2 aliphatic rings. The summed E-state index contributed by atoms with van der Waals surface area (Å²) in [4.78, 5) is 18.4. The second-order valence-electron chi connectivity index (χ2n) is 6.99. The summed E-state index contributed by atoms with van der Waals surface area (Å²) >= 11 is 1.57. The number of carbonyl (C=O) groups excluding carboxylic acids is 1. The Morgan fingerprint density at radius 3 is 2.96 bits per heavy atom. The first-order chi connectivity index (χ1) is 13.3. The van der Waals surface area contributed by atoms with Gasteiger partial charge >= 0.3 is 0 Å². The van der Waals surface area contributed by atoms with Gasteiger partial charge in [0.2, 0.25) is 0 Å². The molecule has 0 bridgehead atoms. The number of hydrogen-bond donors (Lipinski definition) is 2. The van der Waals surface area contributed by atoms with E-state index in [0.29, 0.717) is 29.0 Å². The number of nitrogens with one attached hydrogen (secondary N) is 2. The standard InChI is InChI=1S/C20H25N3O3S/c24-19(23-20-22-12-18(27-20)14-7-9-21-10-8-14)16-5-1-2-6-17(16)26-13-15-4-3-11-25-15/h1-2,5-6,12,14-15,21H,3-4,7-11,13H2,(H,22,23,24). The fourth-order valence-electron chi connectivity index (χ4n) is 3.54. The first kappa shape index (κ1) is 18.4. The smallest absolute Gasteiger partial charge is 0.261 e. The van der Waals surface area contributed by atoms with Crippen LogP contribution in [0.25, 0.3) is 0 Å². The van der Waals surface area contributed by atoms with E-state index in [2.05, 4.69) is 15.6 Å². The van der Waals surface area contributed by atoms with Gasteiger partial charge in [0.25, 0.3) is 5.91 Å². The minimum Gasteiger partial charge on any atom is -0.490 e. The van der Waals surface area contributed by atoms with Crippen molar-refractivity contribution in [2.24, 2.45) is 0 Å². The predicted octanol–water partition coefficient (Wildman–Crippen LogP) is 3.42. The zero-order valence-electron chi connectivity index (χ0n) is 15.3. The Balaban J connectivity index is 1.40. The van der Waals surface area contributed by atoms with E-state index in [9.17, 15) is 4.79 Å². The number of benzene rings is 1. The summed E-state index contributed by atoms with van der Waals surface area (Å²) in [5, 5.41) is 6.94. The molecule has 1 atom stereocenters. The third-order valence-electron chi connectivity index (χ3n) is 5.07. The molecule has 3 heterocycles. The molecule has 1 amide bonds. The van der Waals surface area contributed by atoms with Crippen LogP contribution in [0.4, 0.5) is 5.13 Å². The molecule has 6 nitrogen and oxygen atoms in total. The van der Waals surface area contributed by atoms with E-state index in [1.807, 2.05) is 24.4 Å². The zero-order valence-corrected chi connectivity index (χ0v) is 16.1. The molecule has 2 aromatic rings. The summed E-state index contributed by atoms with van der Waals surface area (Å²) in [6, 6.07) is 7.32. The van der Waals surface area contributed by atoms with Crippen LogP contribution in [0, 0.1) is 0 Å². The molecule has 0 aliphatic carbocycles. The fraction of sp³-hybridized carbons (Fsp3) is 0.500. The van der Waals surface area contributed by atoms with Gasteiger partial charge < -0.3 is 14.8 Å². The highest BCUT2D eigenvalue weighted by Crippen LogP contribution is 2.32. The lowest BCUT2D eigenvalue weighted by Crippen LogP contribution is -2.26. The second kappa shape index (κ2) is 8.82. The molecule has 0 saturated carbocycles. The van der Waals surface area contributed by atoms with E-state index in [-0.39, 0.29) is 12.0 Å². The molecule has 2 fully saturated rings. The van der Waals surface area contributed by atoms with Crippen molar-refractivity contribution in [1.29, 1.82) is 0 Å². The summed E-state index contributed by atoms with van der Waals surface area (Å²) in [6.45, 7) is 3.35. The minimum absolute atomic E-state index is 0.118. The van der Waals surface area contributed by atoms with Gasteiger partial charge in [-0.25, -0.2) is 4.98 Å². The average Bonchev–Trinajstić information content (AvgIpc) is 3.39. The number of aromatic nitrogens is 1. The van der Waals surface area contributed by atoms with E-state index >= 15 is 0 Å². The Kier molecular flexibility index (Phi) is 6.01. The number of para-hydroxylation sites is 1. The van der Waals surface area contributed by atoms with Crippen LogP contribution < -0.4 is 15.4 Å². The second-order valence-corrected chi connectivity index (χ2v) is 8.05. The Morgan fingerprint density at radius 1 is 1.30 bits per heavy atom. The Hall–Kier alpha value is -1.96. The van der Waals surface area contributed by atoms with Crippen molar-refractivity contribution in [2.75, 3.05) is 31.6 Å². The first-order valence-corrected chi connectivity index (χ1v) is 10.4. The number of piperidine rings is 1. The van der Waals surface area contributed by atoms with Gasteiger partial charge in [-0.15, -0.1) is 11.3 Å². The Morgan fingerprint density at radius 2 is 2.15 bits per heavy atom. The first-order valence-electron chi connectivity index (χ1n) is 9.61. The molecule has 144 valence electrons. The van der Waals surface area contributed by atoms with E-state index in [0.717, 1.165) is 45.4 Å². The zero-order chi connectivity index (χ0) is 18.5. The summed E-state index contributed by atoms with van der Waals surface area (Å²) in [5.74, 6) is 0.932. The molecule has 27 heavy (non-hydrogen) atoms. The van der Waals surface area contributed by atoms with Crippen molar-refractivity contribution in [3.63, 3.8) is 0 Å². The predicted molar refractivity (Wildman–Crippen MR) is 106 cm³/mol. The largest absolute Gasteiger partial charge is 0.490 e. The molecule has 1 aromatic carbocycles. The monoisotopic (exact) mass is 387 g/mol. The number of rotatable bonds is 6. The molecule has 0 radical (unpaired) electrons. The maximum absolute atomic E-state index is 12.8. The van der Waals surface area contributed by atoms with Crippen LogP contribution in [-0.4, -0.2) is 43.3 Å². The van der Waals surface area contributed by atoms with Crippen molar-refractivity contribution >= 4 is 22.4 Å². The number of carbonyl (C=O) groups is 1. The van der Waals surface area contributed by atoms with Gasteiger partial charge in [0.15, 0.2) is 5.13 Å². The van der Waals surface area contributed by atoms with Crippen molar-refractivity contribution in [3.05, 3.63) is 40.9 Å². The molecule has 1 unspecified atom stereocenters. The highest BCUT2D eigenvalue weighted by atomic mass is 32.1. The third-order valence-corrected chi connectivity index (χ3v) is 6.14. The van der Waals surface area contributed by atoms with Gasteiger partial charge in [-0.1, -0.05) is 12.1 Å². The number of anilines is 1. The van der Waals surface area contributed by atoms with Crippen molar-refractivity contribution < 1.29 is 14.3 Å². The van der Waals surface area contributed by atoms with E-state index in [1.165, 1.54) is 4.88 Å². The number of ether oxygens (including phenoxy) is 2. The van der Waals surface area contributed by atoms with Gasteiger partial charge in [-0.2, -0.15) is 0 Å². The van der Waals surface area contributed by atoms with Gasteiger partial charge in [0.05, 0.1) is 11.7 Å². The van der Waals surface area contributed by atoms with Crippen molar-refractivity contribution in [2.45, 2.75) is 37.7 Å². The van der Waals surface area contributed by atoms with E-state index < -0.39 is 0 Å². The van der Waals surface area contributed by atoms with Crippen LogP contribution in [0.1, 0.15) is 46.8 Å².